The molecule has 0 saturated heterocycles. The highest BCUT2D eigenvalue weighted by molar-refractivity contribution is 6.13. The summed E-state index contributed by atoms with van der Waals surface area (Å²) in [7, 11) is 4.23. The number of methoxy groups -OCH3 is 2. The van der Waals surface area contributed by atoms with Gasteiger partial charge in [-0.05, 0) is 18.9 Å². The van der Waals surface area contributed by atoms with E-state index in [1.807, 2.05) is 0 Å². The van der Waals surface area contributed by atoms with Gasteiger partial charge in [0, 0.05) is 14.2 Å². The van der Waals surface area contributed by atoms with Gasteiger partial charge in [0.25, 0.3) is 0 Å². The molecule has 68 valence electrons. The number of nitrogens with two attached hydrogens (primary N) is 1. The van der Waals surface area contributed by atoms with E-state index in [4.69, 9.17) is 15.2 Å². The Bertz CT molecular complexity index is 107. The lowest BCUT2D eigenvalue weighted by Crippen LogP contribution is -2.37. The standard InChI is InChI=1S/C7H19NO2Si/c1-6(5-8)4-7(11,9-2)10-3/h6H,4-5,8H2,1-3,11H3. The zero-order valence-corrected chi connectivity index (χ0v) is 9.89. The number of hydrogen-bond acceptors (Lipinski definition) is 3. The molecule has 0 fully saturated rings. The summed E-state index contributed by atoms with van der Waals surface area (Å²) in [6, 6.07) is 0. The minimum Gasteiger partial charge on any atom is -0.358 e. The van der Waals surface area contributed by atoms with Crippen LogP contribution >= 0.6 is 0 Å². The zero-order chi connectivity index (χ0) is 8.91. The van der Waals surface area contributed by atoms with Crippen molar-refractivity contribution in [1.82, 2.24) is 0 Å². The lowest BCUT2D eigenvalue weighted by Gasteiger charge is -2.29. The maximum absolute atomic E-state index is 5.49. The molecular formula is C7H19NO2Si. The van der Waals surface area contributed by atoms with Crippen LogP contribution in [0.25, 0.3) is 0 Å². The Kier molecular flexibility index (Phi) is 4.91. The van der Waals surface area contributed by atoms with Gasteiger partial charge in [-0.25, -0.2) is 0 Å². The van der Waals surface area contributed by atoms with Gasteiger partial charge in [0.05, 0.1) is 10.2 Å². The second kappa shape index (κ2) is 4.87. The molecule has 0 rings (SSSR count). The first-order valence-electron chi connectivity index (χ1n) is 3.88. The summed E-state index contributed by atoms with van der Waals surface area (Å²) in [6.45, 7) is 2.79. The molecule has 0 aliphatic carbocycles. The molecule has 0 spiro atoms. The summed E-state index contributed by atoms with van der Waals surface area (Å²) in [6.07, 6.45) is 0.892. The summed E-state index contributed by atoms with van der Waals surface area (Å²) in [4.78, 5) is 0. The van der Waals surface area contributed by atoms with Crippen molar-refractivity contribution in [2.45, 2.75) is 18.8 Å². The Labute approximate surface area is 71.7 Å². The van der Waals surface area contributed by atoms with E-state index < -0.39 is 0 Å². The fourth-order valence-electron chi connectivity index (χ4n) is 0.966. The predicted molar refractivity (Wildman–Crippen MR) is 49.5 cm³/mol. The van der Waals surface area contributed by atoms with Crippen LogP contribution in [-0.4, -0.2) is 36.4 Å². The van der Waals surface area contributed by atoms with Gasteiger partial charge in [-0.3, -0.25) is 0 Å². The molecule has 0 aliphatic heterocycles. The fraction of sp³-hybridized carbons (Fsp3) is 1.00. The summed E-state index contributed by atoms with van der Waals surface area (Å²) in [5.74, 6) is 0.465. The van der Waals surface area contributed by atoms with Crippen LogP contribution in [0.2, 0.25) is 0 Å². The second-order valence-corrected chi connectivity index (χ2v) is 4.61. The van der Waals surface area contributed by atoms with Crippen LogP contribution in [-0.2, 0) is 9.47 Å². The van der Waals surface area contributed by atoms with Crippen molar-refractivity contribution < 1.29 is 9.47 Å². The smallest absolute Gasteiger partial charge is 0.141 e. The third-order valence-electron chi connectivity index (χ3n) is 1.99. The molecule has 0 heterocycles. The largest absolute Gasteiger partial charge is 0.358 e. The summed E-state index contributed by atoms with van der Waals surface area (Å²) < 4.78 is 10.5. The Morgan fingerprint density at radius 2 is 1.91 bits per heavy atom. The molecule has 0 amide bonds. The Hall–Kier alpha value is 0.0969. The molecule has 0 saturated carbocycles. The second-order valence-electron chi connectivity index (χ2n) is 3.09. The molecule has 0 aromatic rings. The van der Waals surface area contributed by atoms with Gasteiger partial charge in [-0.2, -0.15) is 0 Å². The third kappa shape index (κ3) is 3.86. The van der Waals surface area contributed by atoms with E-state index >= 15 is 0 Å². The molecule has 0 bridgehead atoms. The van der Waals surface area contributed by atoms with Gasteiger partial charge in [-0.15, -0.1) is 0 Å². The van der Waals surface area contributed by atoms with Gasteiger partial charge in [-0.1, -0.05) is 6.92 Å². The quantitative estimate of drug-likeness (QED) is 0.445. The van der Waals surface area contributed by atoms with Gasteiger partial charge < -0.3 is 15.2 Å². The number of hydrogen-bond donors (Lipinski definition) is 1. The van der Waals surface area contributed by atoms with Crippen LogP contribution < -0.4 is 5.73 Å². The average Bonchev–Trinajstić information content (AvgIpc) is 2.04. The van der Waals surface area contributed by atoms with Crippen molar-refractivity contribution in [3.8, 4) is 0 Å². The van der Waals surface area contributed by atoms with E-state index in [0.29, 0.717) is 12.5 Å². The maximum atomic E-state index is 5.49. The van der Waals surface area contributed by atoms with E-state index in [1.165, 1.54) is 0 Å². The molecule has 0 aromatic carbocycles. The van der Waals surface area contributed by atoms with Gasteiger partial charge >= 0.3 is 0 Å². The van der Waals surface area contributed by atoms with Crippen LogP contribution in [0.5, 0.6) is 0 Å². The first-order chi connectivity index (χ1) is 5.08. The van der Waals surface area contributed by atoms with Crippen LogP contribution in [0.4, 0.5) is 0 Å². The molecule has 0 aromatic heterocycles. The van der Waals surface area contributed by atoms with E-state index in [1.54, 1.807) is 14.2 Å². The molecule has 0 aliphatic rings. The highest BCUT2D eigenvalue weighted by Gasteiger charge is 2.24. The van der Waals surface area contributed by atoms with E-state index in [9.17, 15) is 0 Å². The lowest BCUT2D eigenvalue weighted by atomic mass is 10.1. The zero-order valence-electron chi connectivity index (χ0n) is 7.89. The highest BCUT2D eigenvalue weighted by atomic mass is 28.1. The SMILES string of the molecule is COC([SiH3])(CC(C)CN)OC. The summed E-state index contributed by atoms with van der Waals surface area (Å²) >= 11 is 0. The molecule has 2 N–H and O–H groups in total. The van der Waals surface area contributed by atoms with Crippen molar-refractivity contribution in [2.75, 3.05) is 20.8 Å². The first kappa shape index (κ1) is 11.1. The normalized spacial score (nSPS) is 15.3. The van der Waals surface area contributed by atoms with Crippen molar-refractivity contribution in [1.29, 1.82) is 0 Å². The Morgan fingerprint density at radius 1 is 1.45 bits per heavy atom. The minimum absolute atomic E-state index is 0.335. The van der Waals surface area contributed by atoms with Crippen molar-refractivity contribution in [3.63, 3.8) is 0 Å². The molecule has 1 unspecified atom stereocenters. The lowest BCUT2D eigenvalue weighted by molar-refractivity contribution is -0.151. The molecule has 4 heteroatoms. The molecule has 1 atom stereocenters. The van der Waals surface area contributed by atoms with E-state index in [-0.39, 0.29) is 5.41 Å². The van der Waals surface area contributed by atoms with Gasteiger partial charge in [0.2, 0.25) is 0 Å². The molecule has 11 heavy (non-hydrogen) atoms. The maximum Gasteiger partial charge on any atom is 0.141 e. The topological polar surface area (TPSA) is 44.5 Å². The monoisotopic (exact) mass is 177 g/mol. The van der Waals surface area contributed by atoms with Crippen molar-refractivity contribution >= 4 is 10.2 Å². The van der Waals surface area contributed by atoms with Crippen LogP contribution in [0.15, 0.2) is 0 Å². The van der Waals surface area contributed by atoms with Crippen LogP contribution in [0, 0.1) is 5.92 Å². The number of ether oxygens (including phenoxy) is 2. The molecule has 3 nitrogen and oxygen atoms in total. The average molecular weight is 177 g/mol. The highest BCUT2D eigenvalue weighted by Crippen LogP contribution is 2.16. The fourth-order valence-corrected chi connectivity index (χ4v) is 1.66. The van der Waals surface area contributed by atoms with E-state index in [0.717, 1.165) is 16.7 Å². The predicted octanol–water partition coefficient (Wildman–Crippen LogP) is -0.717. The van der Waals surface area contributed by atoms with Gasteiger partial charge in [0.1, 0.15) is 5.41 Å². The Morgan fingerprint density at radius 3 is 2.18 bits per heavy atom. The van der Waals surface area contributed by atoms with Crippen molar-refractivity contribution in [3.05, 3.63) is 0 Å². The number of rotatable bonds is 5. The Balaban J connectivity index is 3.86. The summed E-state index contributed by atoms with van der Waals surface area (Å²) in [5, 5.41) is 0. The molecule has 0 radical (unpaired) electrons. The third-order valence-corrected chi connectivity index (χ3v) is 3.21. The van der Waals surface area contributed by atoms with E-state index in [2.05, 4.69) is 6.92 Å². The summed E-state index contributed by atoms with van der Waals surface area (Å²) in [5.41, 5.74) is 5.16. The van der Waals surface area contributed by atoms with Crippen molar-refractivity contribution in [2.24, 2.45) is 11.7 Å². The van der Waals surface area contributed by atoms with Crippen LogP contribution in [0.1, 0.15) is 13.3 Å². The van der Waals surface area contributed by atoms with Gasteiger partial charge in [0.15, 0.2) is 0 Å². The molecular weight excluding hydrogens is 158 g/mol. The van der Waals surface area contributed by atoms with Crippen LogP contribution in [0.3, 0.4) is 0 Å². The minimum atomic E-state index is -0.335. The first-order valence-corrected chi connectivity index (χ1v) is 4.88.